The lowest BCUT2D eigenvalue weighted by Crippen LogP contribution is -2.24. The maximum absolute atomic E-state index is 11.4. The van der Waals surface area contributed by atoms with Crippen LogP contribution in [0.25, 0.3) is 22.6 Å². The number of imidazole rings is 1. The number of hydrogen-bond acceptors (Lipinski definition) is 4. The van der Waals surface area contributed by atoms with Crippen LogP contribution < -0.4 is 4.74 Å². The highest BCUT2D eigenvalue weighted by atomic mass is 16.5. The van der Waals surface area contributed by atoms with Crippen molar-refractivity contribution in [2.45, 2.75) is 52.9 Å². The van der Waals surface area contributed by atoms with Crippen LogP contribution in [0.4, 0.5) is 0 Å². The van der Waals surface area contributed by atoms with Crippen molar-refractivity contribution in [2.75, 3.05) is 0 Å². The molecule has 41 heavy (non-hydrogen) atoms. The van der Waals surface area contributed by atoms with E-state index in [0.29, 0.717) is 5.75 Å². The van der Waals surface area contributed by atoms with Crippen LogP contribution in [0.15, 0.2) is 115 Å². The summed E-state index contributed by atoms with van der Waals surface area (Å²) in [7, 11) is 0. The summed E-state index contributed by atoms with van der Waals surface area (Å²) >= 11 is 0. The second kappa shape index (κ2) is 13.7. The van der Waals surface area contributed by atoms with Gasteiger partial charge in [0.05, 0.1) is 11.4 Å². The molecule has 1 heterocycles. The number of unbranched alkanes of at least 4 members (excludes halogenated alkanes) is 1. The van der Waals surface area contributed by atoms with Crippen molar-refractivity contribution in [1.82, 2.24) is 14.5 Å². The molecule has 0 saturated carbocycles. The molecule has 5 heteroatoms. The minimum absolute atomic E-state index is 0.313. The lowest BCUT2D eigenvalue weighted by atomic mass is 10.1. The van der Waals surface area contributed by atoms with Crippen LogP contribution in [-0.4, -0.2) is 20.4 Å². The molecule has 208 valence electrons. The molecule has 5 rings (SSSR count). The van der Waals surface area contributed by atoms with Gasteiger partial charge >= 0.3 is 5.97 Å². The second-order valence-corrected chi connectivity index (χ2v) is 10.3. The molecule has 0 aliphatic rings. The predicted octanol–water partition coefficient (Wildman–Crippen LogP) is 8.14. The minimum Gasteiger partial charge on any atom is -0.427 e. The zero-order chi connectivity index (χ0) is 28.4. The van der Waals surface area contributed by atoms with Crippen LogP contribution in [0.1, 0.15) is 43.5 Å². The molecule has 0 aliphatic heterocycles. The third kappa shape index (κ3) is 7.38. The number of nitrogens with zero attached hydrogens (tertiary/aromatic N) is 3. The normalized spacial score (nSPS) is 11.1. The number of aromatic nitrogens is 2. The summed E-state index contributed by atoms with van der Waals surface area (Å²) in [6.45, 7) is 6.83. The third-order valence-electron chi connectivity index (χ3n) is 7.10. The fraction of sp³-hybridized carbons (Fsp3) is 0.222. The standard InChI is InChI=1S/C36H37N3O2/c1-3-4-24-39-34(35(31-16-10-6-11-17-31)37-36(39)32-18-12-7-13-19-32)27-38(25-29-14-8-5-9-15-29)26-30-20-22-33(23-21-30)41-28(2)40/h5-23H,3-4,24-27H2,1-2H3. The van der Waals surface area contributed by atoms with Gasteiger partial charge in [0.2, 0.25) is 0 Å². The molecule has 5 nitrogen and oxygen atoms in total. The molecule has 0 aliphatic carbocycles. The summed E-state index contributed by atoms with van der Waals surface area (Å²) in [5, 5.41) is 0. The zero-order valence-electron chi connectivity index (χ0n) is 23.9. The average Bonchev–Trinajstić information content (AvgIpc) is 3.36. The summed E-state index contributed by atoms with van der Waals surface area (Å²) in [5.74, 6) is 1.26. The van der Waals surface area contributed by atoms with Crippen molar-refractivity contribution in [2.24, 2.45) is 0 Å². The molecule has 0 fully saturated rings. The highest BCUT2D eigenvalue weighted by molar-refractivity contribution is 5.69. The van der Waals surface area contributed by atoms with E-state index in [4.69, 9.17) is 9.72 Å². The van der Waals surface area contributed by atoms with Gasteiger partial charge in [0.25, 0.3) is 0 Å². The van der Waals surface area contributed by atoms with E-state index in [-0.39, 0.29) is 5.97 Å². The molecule has 0 radical (unpaired) electrons. The van der Waals surface area contributed by atoms with Gasteiger partial charge in [0, 0.05) is 44.2 Å². The molecular weight excluding hydrogens is 506 g/mol. The smallest absolute Gasteiger partial charge is 0.308 e. The van der Waals surface area contributed by atoms with E-state index in [1.807, 2.05) is 24.3 Å². The molecule has 0 atom stereocenters. The maximum Gasteiger partial charge on any atom is 0.308 e. The lowest BCUT2D eigenvalue weighted by molar-refractivity contribution is -0.131. The van der Waals surface area contributed by atoms with Crippen LogP contribution in [-0.2, 0) is 31.0 Å². The van der Waals surface area contributed by atoms with Crippen LogP contribution in [0.5, 0.6) is 5.75 Å². The molecule has 5 aromatic rings. The van der Waals surface area contributed by atoms with Crippen molar-refractivity contribution >= 4 is 5.97 Å². The topological polar surface area (TPSA) is 47.4 Å². The van der Waals surface area contributed by atoms with Crippen LogP contribution in [0.3, 0.4) is 0 Å². The van der Waals surface area contributed by atoms with Crippen LogP contribution in [0, 0.1) is 0 Å². The van der Waals surface area contributed by atoms with Gasteiger partial charge in [-0.3, -0.25) is 9.69 Å². The van der Waals surface area contributed by atoms with Crippen molar-refractivity contribution in [3.8, 4) is 28.4 Å². The molecule has 0 bridgehead atoms. The molecule has 0 unspecified atom stereocenters. The molecular formula is C36H37N3O2. The minimum atomic E-state index is -0.313. The zero-order valence-corrected chi connectivity index (χ0v) is 23.9. The van der Waals surface area contributed by atoms with Crippen LogP contribution in [0.2, 0.25) is 0 Å². The van der Waals surface area contributed by atoms with Gasteiger partial charge in [0.1, 0.15) is 11.6 Å². The monoisotopic (exact) mass is 543 g/mol. The van der Waals surface area contributed by atoms with E-state index in [2.05, 4.69) is 107 Å². The van der Waals surface area contributed by atoms with E-state index in [9.17, 15) is 4.79 Å². The highest BCUT2D eigenvalue weighted by Gasteiger charge is 2.22. The Kier molecular flexibility index (Phi) is 9.40. The van der Waals surface area contributed by atoms with Crippen molar-refractivity contribution in [3.63, 3.8) is 0 Å². The first kappa shape index (κ1) is 28.1. The number of carbonyl (C=O) groups excluding carboxylic acids is 1. The van der Waals surface area contributed by atoms with Gasteiger partial charge in [0.15, 0.2) is 0 Å². The first-order valence-corrected chi connectivity index (χ1v) is 14.3. The Balaban J connectivity index is 1.57. The summed E-state index contributed by atoms with van der Waals surface area (Å²) in [6, 6.07) is 39.4. The Morgan fingerprint density at radius 1 is 0.732 bits per heavy atom. The van der Waals surface area contributed by atoms with Gasteiger partial charge in [-0.05, 0) is 29.7 Å². The number of benzene rings is 4. The largest absolute Gasteiger partial charge is 0.427 e. The first-order valence-electron chi connectivity index (χ1n) is 14.3. The molecule has 0 amide bonds. The third-order valence-corrected chi connectivity index (χ3v) is 7.10. The average molecular weight is 544 g/mol. The number of carbonyl (C=O) groups is 1. The highest BCUT2D eigenvalue weighted by Crippen LogP contribution is 2.32. The van der Waals surface area contributed by atoms with E-state index in [1.165, 1.54) is 18.2 Å². The molecule has 0 spiro atoms. The molecule has 4 aromatic carbocycles. The predicted molar refractivity (Wildman–Crippen MR) is 165 cm³/mol. The Morgan fingerprint density at radius 2 is 1.29 bits per heavy atom. The molecule has 0 N–H and O–H groups in total. The van der Waals surface area contributed by atoms with Gasteiger partial charge in [-0.2, -0.15) is 0 Å². The summed E-state index contributed by atoms with van der Waals surface area (Å²) in [4.78, 5) is 19.2. The number of ether oxygens (including phenoxy) is 1. The number of esters is 1. The van der Waals surface area contributed by atoms with E-state index in [0.717, 1.165) is 67.2 Å². The van der Waals surface area contributed by atoms with E-state index < -0.39 is 0 Å². The SMILES string of the molecule is CCCCn1c(-c2ccccc2)nc(-c2ccccc2)c1CN(Cc1ccccc1)Cc1ccc(OC(C)=O)cc1. The van der Waals surface area contributed by atoms with Crippen molar-refractivity contribution in [3.05, 3.63) is 132 Å². The van der Waals surface area contributed by atoms with Gasteiger partial charge in [-0.25, -0.2) is 4.98 Å². The Hall–Kier alpha value is -4.48. The van der Waals surface area contributed by atoms with Gasteiger partial charge < -0.3 is 9.30 Å². The summed E-state index contributed by atoms with van der Waals surface area (Å²) < 4.78 is 7.70. The maximum atomic E-state index is 11.4. The number of rotatable bonds is 12. The number of hydrogen-bond donors (Lipinski definition) is 0. The fourth-order valence-electron chi connectivity index (χ4n) is 5.15. The Labute approximate surface area is 243 Å². The summed E-state index contributed by atoms with van der Waals surface area (Å²) in [5.41, 5.74) is 6.91. The van der Waals surface area contributed by atoms with E-state index >= 15 is 0 Å². The summed E-state index contributed by atoms with van der Waals surface area (Å²) in [6.07, 6.45) is 2.18. The van der Waals surface area contributed by atoms with Gasteiger partial charge in [-0.1, -0.05) is 116 Å². The van der Waals surface area contributed by atoms with Crippen molar-refractivity contribution in [1.29, 1.82) is 0 Å². The Bertz CT molecular complexity index is 1530. The Morgan fingerprint density at radius 3 is 1.88 bits per heavy atom. The van der Waals surface area contributed by atoms with Gasteiger partial charge in [-0.15, -0.1) is 0 Å². The van der Waals surface area contributed by atoms with Crippen molar-refractivity contribution < 1.29 is 9.53 Å². The van der Waals surface area contributed by atoms with E-state index in [1.54, 1.807) is 0 Å². The second-order valence-electron chi connectivity index (χ2n) is 10.3. The molecule has 0 saturated heterocycles. The van der Waals surface area contributed by atoms with Crippen LogP contribution >= 0.6 is 0 Å². The fourth-order valence-corrected chi connectivity index (χ4v) is 5.15. The first-order chi connectivity index (χ1) is 20.1. The lowest BCUT2D eigenvalue weighted by Gasteiger charge is -2.25. The molecule has 1 aromatic heterocycles. The quantitative estimate of drug-likeness (QED) is 0.118.